The summed E-state index contributed by atoms with van der Waals surface area (Å²) in [6, 6.07) is 7.90. The SMILES string of the molecule is Cc1ccc(-c2c(C(CCCC(F)(F)F)C(=O)O)c(C)nc3c4c(sc23)CCCC4)cc1. The van der Waals surface area contributed by atoms with Crippen LogP contribution in [0, 0.1) is 13.8 Å². The van der Waals surface area contributed by atoms with Gasteiger partial charge in [-0.05, 0) is 69.1 Å². The van der Waals surface area contributed by atoms with Gasteiger partial charge in [-0.3, -0.25) is 9.78 Å². The smallest absolute Gasteiger partial charge is 0.389 e. The molecule has 1 aliphatic rings. The molecule has 7 heteroatoms. The van der Waals surface area contributed by atoms with Crippen molar-refractivity contribution in [2.45, 2.75) is 70.9 Å². The Morgan fingerprint density at radius 3 is 2.50 bits per heavy atom. The highest BCUT2D eigenvalue weighted by atomic mass is 32.1. The molecule has 0 saturated heterocycles. The van der Waals surface area contributed by atoms with E-state index in [0.29, 0.717) is 11.3 Å². The zero-order chi connectivity index (χ0) is 23.0. The minimum absolute atomic E-state index is 0.0766. The summed E-state index contributed by atoms with van der Waals surface area (Å²) in [4.78, 5) is 18.4. The van der Waals surface area contributed by atoms with E-state index in [4.69, 9.17) is 4.98 Å². The average molecular weight is 462 g/mol. The number of halogens is 3. The number of fused-ring (bicyclic) bond motifs is 3. The third-order valence-electron chi connectivity index (χ3n) is 6.25. The van der Waals surface area contributed by atoms with Crippen LogP contribution in [0.4, 0.5) is 13.2 Å². The molecule has 2 heterocycles. The molecule has 1 atom stereocenters. The Morgan fingerprint density at radius 2 is 1.84 bits per heavy atom. The number of thiophene rings is 1. The van der Waals surface area contributed by atoms with Crippen LogP contribution in [-0.4, -0.2) is 22.2 Å². The Bertz CT molecular complexity index is 1150. The van der Waals surface area contributed by atoms with Crippen molar-refractivity contribution in [2.24, 2.45) is 0 Å². The van der Waals surface area contributed by atoms with Crippen LogP contribution in [0.5, 0.6) is 0 Å². The van der Waals surface area contributed by atoms with Crippen molar-refractivity contribution in [2.75, 3.05) is 0 Å². The van der Waals surface area contributed by atoms with Crippen molar-refractivity contribution in [1.29, 1.82) is 0 Å². The number of carboxylic acids is 1. The second-order valence-corrected chi connectivity index (χ2v) is 9.74. The molecule has 0 radical (unpaired) electrons. The number of rotatable bonds is 6. The molecule has 3 nitrogen and oxygen atoms in total. The highest BCUT2D eigenvalue weighted by Gasteiger charge is 2.32. The number of carboxylic acid groups (broad SMARTS) is 1. The van der Waals surface area contributed by atoms with Gasteiger partial charge in [0, 0.05) is 22.6 Å². The second kappa shape index (κ2) is 8.85. The lowest BCUT2D eigenvalue weighted by Crippen LogP contribution is -2.17. The van der Waals surface area contributed by atoms with Crippen LogP contribution in [0.15, 0.2) is 24.3 Å². The van der Waals surface area contributed by atoms with Crippen molar-refractivity contribution < 1.29 is 23.1 Å². The van der Waals surface area contributed by atoms with Gasteiger partial charge in [-0.15, -0.1) is 11.3 Å². The van der Waals surface area contributed by atoms with Crippen molar-refractivity contribution >= 4 is 27.5 Å². The van der Waals surface area contributed by atoms with Crippen LogP contribution in [-0.2, 0) is 17.6 Å². The fraction of sp³-hybridized carbons (Fsp3) is 0.440. The second-order valence-electron chi connectivity index (χ2n) is 8.64. The highest BCUT2D eigenvalue weighted by Crippen LogP contribution is 2.45. The minimum Gasteiger partial charge on any atom is -0.481 e. The highest BCUT2D eigenvalue weighted by molar-refractivity contribution is 7.19. The molecule has 3 aromatic rings. The predicted octanol–water partition coefficient (Wildman–Crippen LogP) is 7.36. The fourth-order valence-electron chi connectivity index (χ4n) is 4.70. The standard InChI is InChI=1S/C25H26F3NO2S/c1-14-9-11-16(12-10-14)21-20(18(24(30)31)7-5-13-25(26,27)28)15(2)29-22-17-6-3-4-8-19(17)32-23(21)22/h9-12,18H,3-8,13H2,1-2H3,(H,30,31). The van der Waals surface area contributed by atoms with Gasteiger partial charge in [-0.2, -0.15) is 13.2 Å². The van der Waals surface area contributed by atoms with Gasteiger partial charge in [-0.25, -0.2) is 0 Å². The first-order chi connectivity index (χ1) is 15.2. The summed E-state index contributed by atoms with van der Waals surface area (Å²) < 4.78 is 39.2. The monoisotopic (exact) mass is 461 g/mol. The first kappa shape index (κ1) is 22.8. The molecule has 32 heavy (non-hydrogen) atoms. The van der Waals surface area contributed by atoms with Crippen molar-refractivity contribution in [1.82, 2.24) is 4.98 Å². The molecule has 0 saturated carbocycles. The van der Waals surface area contributed by atoms with E-state index in [1.165, 1.54) is 10.4 Å². The zero-order valence-corrected chi connectivity index (χ0v) is 19.0. The summed E-state index contributed by atoms with van der Waals surface area (Å²) >= 11 is 1.67. The lowest BCUT2D eigenvalue weighted by atomic mass is 9.85. The van der Waals surface area contributed by atoms with Crippen LogP contribution < -0.4 is 0 Å². The van der Waals surface area contributed by atoms with Gasteiger partial charge in [0.05, 0.1) is 16.1 Å². The first-order valence-corrected chi connectivity index (χ1v) is 11.8. The molecule has 1 N–H and O–H groups in total. The number of alkyl halides is 3. The van der Waals surface area contributed by atoms with E-state index >= 15 is 0 Å². The largest absolute Gasteiger partial charge is 0.481 e. The van der Waals surface area contributed by atoms with Crippen LogP contribution >= 0.6 is 11.3 Å². The van der Waals surface area contributed by atoms with E-state index in [2.05, 4.69) is 0 Å². The Hall–Kier alpha value is -2.41. The molecule has 2 aromatic heterocycles. The van der Waals surface area contributed by atoms with Crippen LogP contribution in [0.2, 0.25) is 0 Å². The number of aliphatic carboxylic acids is 1. The maximum absolute atomic E-state index is 12.8. The van der Waals surface area contributed by atoms with Gasteiger partial charge >= 0.3 is 12.1 Å². The number of hydrogen-bond donors (Lipinski definition) is 1. The molecule has 1 unspecified atom stereocenters. The number of aryl methyl sites for hydroxylation is 4. The molecule has 0 bridgehead atoms. The molecule has 0 spiro atoms. The molecule has 1 aliphatic carbocycles. The van der Waals surface area contributed by atoms with Gasteiger partial charge in [0.15, 0.2) is 0 Å². The maximum atomic E-state index is 12.8. The third kappa shape index (κ3) is 4.53. The van der Waals surface area contributed by atoms with Crippen molar-refractivity contribution in [3.8, 4) is 11.1 Å². The molecular weight excluding hydrogens is 435 g/mol. The average Bonchev–Trinajstić information content (AvgIpc) is 3.09. The van der Waals surface area contributed by atoms with Gasteiger partial charge in [0.1, 0.15) is 0 Å². The van der Waals surface area contributed by atoms with Crippen molar-refractivity contribution in [3.63, 3.8) is 0 Å². The van der Waals surface area contributed by atoms with Gasteiger partial charge in [0.25, 0.3) is 0 Å². The number of nitrogens with zero attached hydrogens (tertiary/aromatic N) is 1. The van der Waals surface area contributed by atoms with Gasteiger partial charge < -0.3 is 5.11 Å². The number of hydrogen-bond acceptors (Lipinski definition) is 3. The Kier molecular flexibility index (Phi) is 6.30. The van der Waals surface area contributed by atoms with Gasteiger partial charge in [0.2, 0.25) is 0 Å². The lowest BCUT2D eigenvalue weighted by Gasteiger charge is -2.21. The molecule has 1 aromatic carbocycles. The molecule has 170 valence electrons. The van der Waals surface area contributed by atoms with E-state index in [-0.39, 0.29) is 12.8 Å². The van der Waals surface area contributed by atoms with E-state index in [0.717, 1.165) is 52.6 Å². The first-order valence-electron chi connectivity index (χ1n) is 11.0. The molecular formula is C25H26F3NO2S. The Balaban J connectivity index is 1.92. The molecule has 0 fully saturated rings. The summed E-state index contributed by atoms with van der Waals surface area (Å²) in [5.41, 5.74) is 6.13. The molecule has 0 amide bonds. The number of carbonyl (C=O) groups is 1. The number of aromatic nitrogens is 1. The summed E-state index contributed by atoms with van der Waals surface area (Å²) in [7, 11) is 0. The summed E-state index contributed by atoms with van der Waals surface area (Å²) in [5.74, 6) is -2.14. The number of pyridine rings is 1. The maximum Gasteiger partial charge on any atom is 0.389 e. The van der Waals surface area contributed by atoms with E-state index in [1.807, 2.05) is 31.2 Å². The quantitative estimate of drug-likeness (QED) is 0.417. The summed E-state index contributed by atoms with van der Waals surface area (Å²) in [6.07, 6.45) is -1.41. The molecule has 4 rings (SSSR count). The minimum atomic E-state index is -4.30. The van der Waals surface area contributed by atoms with E-state index < -0.39 is 24.5 Å². The number of benzene rings is 1. The Labute approximate surface area is 189 Å². The van der Waals surface area contributed by atoms with E-state index in [9.17, 15) is 23.1 Å². The van der Waals surface area contributed by atoms with Gasteiger partial charge in [-0.1, -0.05) is 29.8 Å². The van der Waals surface area contributed by atoms with Crippen LogP contribution in [0.3, 0.4) is 0 Å². The molecule has 0 aliphatic heterocycles. The summed E-state index contributed by atoms with van der Waals surface area (Å²) in [6.45, 7) is 3.78. The Morgan fingerprint density at radius 1 is 1.16 bits per heavy atom. The van der Waals surface area contributed by atoms with Crippen LogP contribution in [0.25, 0.3) is 21.3 Å². The topological polar surface area (TPSA) is 50.2 Å². The zero-order valence-electron chi connectivity index (χ0n) is 18.2. The normalized spacial score (nSPS) is 15.0. The summed E-state index contributed by atoms with van der Waals surface area (Å²) in [5, 5.41) is 10.0. The van der Waals surface area contributed by atoms with E-state index in [1.54, 1.807) is 18.3 Å². The predicted molar refractivity (Wildman–Crippen MR) is 121 cm³/mol. The third-order valence-corrected chi connectivity index (χ3v) is 7.55. The fourth-order valence-corrected chi connectivity index (χ4v) is 6.11. The lowest BCUT2D eigenvalue weighted by molar-refractivity contribution is -0.142. The van der Waals surface area contributed by atoms with Crippen molar-refractivity contribution in [3.05, 3.63) is 51.5 Å². The van der Waals surface area contributed by atoms with Crippen LogP contribution in [0.1, 0.15) is 65.3 Å².